The lowest BCUT2D eigenvalue weighted by molar-refractivity contribution is 0.435. The van der Waals surface area contributed by atoms with Crippen LogP contribution < -0.4 is 5.73 Å². The first-order valence-corrected chi connectivity index (χ1v) is 6.86. The van der Waals surface area contributed by atoms with E-state index < -0.39 is 9.84 Å². The van der Waals surface area contributed by atoms with E-state index in [1.807, 2.05) is 6.20 Å². The third-order valence-electron chi connectivity index (χ3n) is 2.70. The molecule has 1 atom stereocenters. The topological polar surface area (TPSA) is 78.0 Å². The molecule has 2 heterocycles. The zero-order valence-corrected chi connectivity index (χ0v) is 9.28. The van der Waals surface area contributed by atoms with Crippen molar-refractivity contribution in [3.63, 3.8) is 0 Å². The monoisotopic (exact) mass is 229 g/mol. The van der Waals surface area contributed by atoms with E-state index >= 15 is 0 Å². The first-order chi connectivity index (χ1) is 7.11. The molecule has 15 heavy (non-hydrogen) atoms. The van der Waals surface area contributed by atoms with Gasteiger partial charge in [-0.3, -0.25) is 4.68 Å². The molecule has 1 aromatic heterocycles. The SMILES string of the molecule is NCc1cnn(C2CCCS(=O)(=O)C2)c1. The summed E-state index contributed by atoms with van der Waals surface area (Å²) in [4.78, 5) is 0. The highest BCUT2D eigenvalue weighted by Crippen LogP contribution is 2.22. The second-order valence-corrected chi connectivity index (χ2v) is 6.17. The molecule has 0 aromatic carbocycles. The number of nitrogens with two attached hydrogens (primary N) is 1. The Hall–Kier alpha value is -0.880. The molecule has 84 valence electrons. The number of nitrogens with zero attached hydrogens (tertiary/aromatic N) is 2. The van der Waals surface area contributed by atoms with Crippen molar-refractivity contribution in [1.29, 1.82) is 0 Å². The fraction of sp³-hybridized carbons (Fsp3) is 0.667. The summed E-state index contributed by atoms with van der Waals surface area (Å²) in [6, 6.07) is -0.0101. The Kier molecular flexibility index (Phi) is 2.79. The molecule has 1 unspecified atom stereocenters. The van der Waals surface area contributed by atoms with Crippen LogP contribution in [0.25, 0.3) is 0 Å². The number of rotatable bonds is 2. The molecule has 1 saturated heterocycles. The zero-order valence-electron chi connectivity index (χ0n) is 8.46. The van der Waals surface area contributed by atoms with Crippen molar-refractivity contribution in [1.82, 2.24) is 9.78 Å². The molecule has 0 spiro atoms. The third-order valence-corrected chi connectivity index (χ3v) is 4.51. The predicted molar refractivity (Wildman–Crippen MR) is 57.0 cm³/mol. The van der Waals surface area contributed by atoms with Crippen LogP contribution in [0.3, 0.4) is 0 Å². The van der Waals surface area contributed by atoms with E-state index in [0.29, 0.717) is 12.3 Å². The van der Waals surface area contributed by atoms with Crippen LogP contribution in [0.2, 0.25) is 0 Å². The lowest BCUT2D eigenvalue weighted by atomic mass is 10.2. The van der Waals surface area contributed by atoms with Gasteiger partial charge in [-0.05, 0) is 12.8 Å². The van der Waals surface area contributed by atoms with Crippen LogP contribution in [0.1, 0.15) is 24.4 Å². The summed E-state index contributed by atoms with van der Waals surface area (Å²) < 4.78 is 24.6. The van der Waals surface area contributed by atoms with Crippen molar-refractivity contribution in [3.05, 3.63) is 18.0 Å². The maximum Gasteiger partial charge on any atom is 0.152 e. The largest absolute Gasteiger partial charge is 0.326 e. The normalized spacial score (nSPS) is 25.3. The van der Waals surface area contributed by atoms with Gasteiger partial charge in [0.1, 0.15) is 0 Å². The van der Waals surface area contributed by atoms with Gasteiger partial charge in [0.05, 0.1) is 23.7 Å². The second kappa shape index (κ2) is 3.94. The van der Waals surface area contributed by atoms with Crippen molar-refractivity contribution in [2.75, 3.05) is 11.5 Å². The van der Waals surface area contributed by atoms with Crippen LogP contribution >= 0.6 is 0 Å². The van der Waals surface area contributed by atoms with Gasteiger partial charge in [-0.15, -0.1) is 0 Å². The van der Waals surface area contributed by atoms with Gasteiger partial charge in [-0.1, -0.05) is 0 Å². The zero-order chi connectivity index (χ0) is 10.9. The molecule has 1 fully saturated rings. The van der Waals surface area contributed by atoms with Crippen molar-refractivity contribution in [2.45, 2.75) is 25.4 Å². The predicted octanol–water partition coefficient (Wildman–Crippen LogP) is 0.0915. The van der Waals surface area contributed by atoms with E-state index in [1.165, 1.54) is 0 Å². The van der Waals surface area contributed by atoms with E-state index in [1.54, 1.807) is 10.9 Å². The number of aromatic nitrogens is 2. The second-order valence-electron chi connectivity index (χ2n) is 3.94. The Morgan fingerprint density at radius 1 is 1.60 bits per heavy atom. The molecule has 1 aromatic rings. The summed E-state index contributed by atoms with van der Waals surface area (Å²) in [5.41, 5.74) is 6.42. The fourth-order valence-corrected chi connectivity index (χ4v) is 3.57. The molecule has 1 aliphatic rings. The Morgan fingerprint density at radius 2 is 2.40 bits per heavy atom. The van der Waals surface area contributed by atoms with Gasteiger partial charge in [0.15, 0.2) is 9.84 Å². The Balaban J connectivity index is 2.17. The minimum absolute atomic E-state index is 0.0101. The van der Waals surface area contributed by atoms with Gasteiger partial charge >= 0.3 is 0 Å². The van der Waals surface area contributed by atoms with Gasteiger partial charge in [0.2, 0.25) is 0 Å². The lowest BCUT2D eigenvalue weighted by Gasteiger charge is -2.22. The lowest BCUT2D eigenvalue weighted by Crippen LogP contribution is -2.27. The van der Waals surface area contributed by atoms with Crippen LogP contribution in [0.4, 0.5) is 0 Å². The highest BCUT2D eigenvalue weighted by atomic mass is 32.2. The van der Waals surface area contributed by atoms with Crippen molar-refractivity contribution >= 4 is 9.84 Å². The van der Waals surface area contributed by atoms with Crippen molar-refractivity contribution in [2.24, 2.45) is 5.73 Å². The van der Waals surface area contributed by atoms with Crippen LogP contribution in [0, 0.1) is 0 Å². The Labute approximate surface area is 89.2 Å². The summed E-state index contributed by atoms with van der Waals surface area (Å²) in [7, 11) is -2.87. The van der Waals surface area contributed by atoms with Crippen molar-refractivity contribution in [3.8, 4) is 0 Å². The summed E-state index contributed by atoms with van der Waals surface area (Å²) >= 11 is 0. The van der Waals surface area contributed by atoms with Gasteiger partial charge in [0.25, 0.3) is 0 Å². The molecule has 6 heteroatoms. The number of sulfone groups is 1. The van der Waals surface area contributed by atoms with Crippen LogP contribution in [-0.2, 0) is 16.4 Å². The standard InChI is InChI=1S/C9H15N3O2S/c10-4-8-5-11-12(6-8)9-2-1-3-15(13,14)7-9/h5-6,9H,1-4,7,10H2. The quantitative estimate of drug-likeness (QED) is 0.779. The van der Waals surface area contributed by atoms with Crippen LogP contribution in [-0.4, -0.2) is 29.7 Å². The summed E-state index contributed by atoms with van der Waals surface area (Å²) in [6.45, 7) is 0.444. The van der Waals surface area contributed by atoms with Crippen LogP contribution in [0.5, 0.6) is 0 Å². The van der Waals surface area contributed by atoms with Gasteiger partial charge < -0.3 is 5.73 Å². The molecule has 0 bridgehead atoms. The molecule has 0 amide bonds. The average Bonchev–Trinajstić information content (AvgIpc) is 2.64. The van der Waals surface area contributed by atoms with E-state index in [2.05, 4.69) is 5.10 Å². The first-order valence-electron chi connectivity index (χ1n) is 5.04. The highest BCUT2D eigenvalue weighted by Gasteiger charge is 2.26. The smallest absolute Gasteiger partial charge is 0.152 e. The number of hydrogen-bond acceptors (Lipinski definition) is 4. The van der Waals surface area contributed by atoms with Crippen LogP contribution in [0.15, 0.2) is 12.4 Å². The first kappa shape index (κ1) is 10.6. The van der Waals surface area contributed by atoms with Gasteiger partial charge in [-0.2, -0.15) is 5.10 Å². The molecular formula is C9H15N3O2S. The summed E-state index contributed by atoms with van der Waals surface area (Å²) in [5.74, 6) is 0.521. The highest BCUT2D eigenvalue weighted by molar-refractivity contribution is 7.91. The molecule has 2 rings (SSSR count). The molecule has 1 aliphatic heterocycles. The maximum absolute atomic E-state index is 11.4. The third kappa shape index (κ3) is 2.38. The van der Waals surface area contributed by atoms with E-state index in [0.717, 1.165) is 18.4 Å². The molecular weight excluding hydrogens is 214 g/mol. The fourth-order valence-electron chi connectivity index (χ4n) is 1.89. The van der Waals surface area contributed by atoms with E-state index in [-0.39, 0.29) is 11.8 Å². The summed E-state index contributed by atoms with van der Waals surface area (Å²) in [5, 5.41) is 4.15. The molecule has 0 aliphatic carbocycles. The Bertz CT molecular complexity index is 438. The molecule has 2 N–H and O–H groups in total. The maximum atomic E-state index is 11.4. The van der Waals surface area contributed by atoms with Gasteiger partial charge in [-0.25, -0.2) is 8.42 Å². The summed E-state index contributed by atoms with van der Waals surface area (Å²) in [6.07, 6.45) is 5.14. The Morgan fingerprint density at radius 3 is 3.00 bits per heavy atom. The molecule has 0 saturated carbocycles. The minimum Gasteiger partial charge on any atom is -0.326 e. The molecule has 5 nitrogen and oxygen atoms in total. The van der Waals surface area contributed by atoms with E-state index in [4.69, 9.17) is 5.73 Å². The van der Waals surface area contributed by atoms with E-state index in [9.17, 15) is 8.42 Å². The average molecular weight is 229 g/mol. The molecule has 0 radical (unpaired) electrons. The minimum atomic E-state index is -2.87. The van der Waals surface area contributed by atoms with Gasteiger partial charge in [0, 0.05) is 18.3 Å². The van der Waals surface area contributed by atoms with Crippen molar-refractivity contribution < 1.29 is 8.42 Å². The number of hydrogen-bond donors (Lipinski definition) is 1.